The summed E-state index contributed by atoms with van der Waals surface area (Å²) in [5.74, 6) is -0.189. The SMILES string of the molecule is Cc1cccc2c([Si](C)(C)C)c3c(c(-c4ccc(F)cc4)c12)-c1ccccc1C3. The standard InChI is InChI=1S/C27H25FSi/c1-17-8-7-11-22-24(17)25(18-12-14-20(28)15-13-18)26-21-10-6-5-9-19(21)16-23(26)27(22)29(2,3)4/h5-15H,16H2,1-4H3. The molecule has 0 nitrogen and oxygen atoms in total. The number of fused-ring (bicyclic) bond motifs is 4. The van der Waals surface area contributed by atoms with E-state index in [0.717, 1.165) is 12.0 Å². The molecule has 0 N–H and O–H groups in total. The second kappa shape index (κ2) is 6.40. The third-order valence-electron chi connectivity index (χ3n) is 6.18. The van der Waals surface area contributed by atoms with Crippen LogP contribution in [-0.4, -0.2) is 8.07 Å². The van der Waals surface area contributed by atoms with Crippen molar-refractivity contribution in [3.05, 3.63) is 89.2 Å². The summed E-state index contributed by atoms with van der Waals surface area (Å²) in [6.45, 7) is 9.55. The Morgan fingerprint density at radius 3 is 2.24 bits per heavy atom. The molecular formula is C27H25FSi. The Bertz CT molecular complexity index is 1260. The van der Waals surface area contributed by atoms with Crippen molar-refractivity contribution in [1.29, 1.82) is 0 Å². The van der Waals surface area contributed by atoms with Crippen molar-refractivity contribution in [3.63, 3.8) is 0 Å². The first-order chi connectivity index (χ1) is 13.9. The van der Waals surface area contributed by atoms with Crippen LogP contribution in [0.3, 0.4) is 0 Å². The molecule has 0 atom stereocenters. The number of halogens is 1. The first kappa shape index (κ1) is 18.3. The van der Waals surface area contributed by atoms with E-state index in [1.54, 1.807) is 17.3 Å². The molecule has 0 radical (unpaired) electrons. The van der Waals surface area contributed by atoms with E-state index < -0.39 is 8.07 Å². The minimum Gasteiger partial charge on any atom is -0.207 e. The Hall–Kier alpha value is -2.71. The van der Waals surface area contributed by atoms with Crippen molar-refractivity contribution in [2.24, 2.45) is 0 Å². The van der Waals surface area contributed by atoms with Crippen LogP contribution < -0.4 is 5.19 Å². The predicted molar refractivity (Wildman–Crippen MR) is 125 cm³/mol. The van der Waals surface area contributed by atoms with E-state index in [2.05, 4.69) is 69.0 Å². The van der Waals surface area contributed by atoms with E-state index in [1.807, 2.05) is 12.1 Å². The summed E-state index contributed by atoms with van der Waals surface area (Å²) in [6, 6.07) is 22.5. The lowest BCUT2D eigenvalue weighted by molar-refractivity contribution is 0.628. The fraction of sp³-hybridized carbons (Fsp3) is 0.185. The molecule has 0 unspecified atom stereocenters. The van der Waals surface area contributed by atoms with Crippen LogP contribution in [-0.2, 0) is 6.42 Å². The van der Waals surface area contributed by atoms with Crippen LogP contribution in [0.5, 0.6) is 0 Å². The molecule has 1 aliphatic rings. The molecule has 4 aromatic rings. The van der Waals surface area contributed by atoms with Gasteiger partial charge < -0.3 is 0 Å². The fourth-order valence-corrected chi connectivity index (χ4v) is 7.25. The van der Waals surface area contributed by atoms with Gasteiger partial charge in [0.05, 0.1) is 8.07 Å². The van der Waals surface area contributed by atoms with Crippen molar-refractivity contribution in [1.82, 2.24) is 0 Å². The van der Waals surface area contributed by atoms with Gasteiger partial charge >= 0.3 is 0 Å². The lowest BCUT2D eigenvalue weighted by atomic mass is 9.87. The van der Waals surface area contributed by atoms with E-state index in [0.29, 0.717) is 0 Å². The van der Waals surface area contributed by atoms with Crippen LogP contribution in [0.2, 0.25) is 19.6 Å². The van der Waals surface area contributed by atoms with Gasteiger partial charge in [-0.2, -0.15) is 0 Å². The van der Waals surface area contributed by atoms with Gasteiger partial charge in [-0.05, 0) is 80.4 Å². The largest absolute Gasteiger partial charge is 0.207 e. The summed E-state index contributed by atoms with van der Waals surface area (Å²) < 4.78 is 13.7. The highest BCUT2D eigenvalue weighted by Gasteiger charge is 2.33. The third kappa shape index (κ3) is 2.78. The Kier molecular flexibility index (Phi) is 4.04. The molecule has 0 saturated heterocycles. The Morgan fingerprint density at radius 1 is 0.793 bits per heavy atom. The maximum absolute atomic E-state index is 13.7. The van der Waals surface area contributed by atoms with Crippen LogP contribution in [0.25, 0.3) is 33.0 Å². The van der Waals surface area contributed by atoms with Gasteiger partial charge in [-0.25, -0.2) is 4.39 Å². The quantitative estimate of drug-likeness (QED) is 0.280. The number of aryl methyl sites for hydroxylation is 1. The molecule has 0 aromatic heterocycles. The maximum atomic E-state index is 13.7. The van der Waals surface area contributed by atoms with E-state index in [4.69, 9.17) is 0 Å². The molecule has 0 spiro atoms. The zero-order valence-electron chi connectivity index (χ0n) is 17.4. The van der Waals surface area contributed by atoms with Crippen molar-refractivity contribution >= 4 is 24.0 Å². The van der Waals surface area contributed by atoms with Crippen molar-refractivity contribution in [3.8, 4) is 22.3 Å². The minimum absolute atomic E-state index is 0.189. The maximum Gasteiger partial charge on any atom is 0.123 e. The average molecular weight is 397 g/mol. The lowest BCUT2D eigenvalue weighted by Crippen LogP contribution is -2.41. The Labute approximate surface area is 173 Å². The molecule has 144 valence electrons. The zero-order valence-corrected chi connectivity index (χ0v) is 18.4. The average Bonchev–Trinajstić information content (AvgIpc) is 3.05. The molecule has 4 aromatic carbocycles. The summed E-state index contributed by atoms with van der Waals surface area (Å²) in [4.78, 5) is 0. The van der Waals surface area contributed by atoms with Crippen molar-refractivity contribution < 1.29 is 4.39 Å². The van der Waals surface area contributed by atoms with E-state index in [9.17, 15) is 4.39 Å². The summed E-state index contributed by atoms with van der Waals surface area (Å²) in [6.07, 6.45) is 0.989. The summed E-state index contributed by atoms with van der Waals surface area (Å²) in [5, 5.41) is 4.29. The highest BCUT2D eigenvalue weighted by molar-refractivity contribution is 6.91. The molecule has 0 bridgehead atoms. The zero-order chi connectivity index (χ0) is 20.3. The first-order valence-corrected chi connectivity index (χ1v) is 13.8. The van der Waals surface area contributed by atoms with Crippen LogP contribution >= 0.6 is 0 Å². The predicted octanol–water partition coefficient (Wildman–Crippen LogP) is 7.07. The lowest BCUT2D eigenvalue weighted by Gasteiger charge is -2.27. The molecule has 0 heterocycles. The minimum atomic E-state index is -1.61. The van der Waals surface area contributed by atoms with Crippen LogP contribution in [0.15, 0.2) is 66.7 Å². The summed E-state index contributed by atoms with van der Waals surface area (Å²) >= 11 is 0. The normalized spacial score (nSPS) is 12.9. The van der Waals surface area contributed by atoms with Crippen LogP contribution in [0.4, 0.5) is 4.39 Å². The van der Waals surface area contributed by atoms with Gasteiger partial charge in [0.25, 0.3) is 0 Å². The number of hydrogen-bond donors (Lipinski definition) is 0. The molecule has 29 heavy (non-hydrogen) atoms. The number of hydrogen-bond acceptors (Lipinski definition) is 0. The second-order valence-corrected chi connectivity index (χ2v) is 14.2. The van der Waals surface area contributed by atoms with E-state index in [-0.39, 0.29) is 5.82 Å². The molecular weight excluding hydrogens is 371 g/mol. The monoisotopic (exact) mass is 396 g/mol. The number of benzene rings is 4. The topological polar surface area (TPSA) is 0 Å². The third-order valence-corrected chi connectivity index (χ3v) is 8.25. The van der Waals surface area contributed by atoms with Gasteiger partial charge in [0, 0.05) is 0 Å². The fourth-order valence-electron chi connectivity index (χ4n) is 5.12. The van der Waals surface area contributed by atoms with Gasteiger partial charge in [-0.1, -0.05) is 74.2 Å². The van der Waals surface area contributed by atoms with Crippen LogP contribution in [0.1, 0.15) is 16.7 Å². The second-order valence-electron chi connectivity index (χ2n) is 9.19. The van der Waals surface area contributed by atoms with Gasteiger partial charge in [0.2, 0.25) is 0 Å². The van der Waals surface area contributed by atoms with Gasteiger partial charge in [0.15, 0.2) is 0 Å². The molecule has 0 saturated carbocycles. The number of rotatable bonds is 2. The molecule has 2 heteroatoms. The Balaban J connectivity index is 2.03. The van der Waals surface area contributed by atoms with Gasteiger partial charge in [0.1, 0.15) is 5.82 Å². The highest BCUT2D eigenvalue weighted by Crippen LogP contribution is 2.47. The summed E-state index contributed by atoms with van der Waals surface area (Å²) in [5.41, 5.74) is 9.24. The van der Waals surface area contributed by atoms with Crippen molar-refractivity contribution in [2.45, 2.75) is 33.0 Å². The smallest absolute Gasteiger partial charge is 0.123 e. The summed E-state index contributed by atoms with van der Waals surface area (Å²) in [7, 11) is -1.61. The van der Waals surface area contributed by atoms with Crippen LogP contribution in [0, 0.1) is 12.7 Å². The van der Waals surface area contributed by atoms with Crippen molar-refractivity contribution in [2.75, 3.05) is 0 Å². The van der Waals surface area contributed by atoms with Gasteiger partial charge in [-0.15, -0.1) is 0 Å². The Morgan fingerprint density at radius 2 is 1.52 bits per heavy atom. The molecule has 5 rings (SSSR count). The van der Waals surface area contributed by atoms with E-state index in [1.165, 1.54) is 44.2 Å². The first-order valence-electron chi connectivity index (χ1n) is 10.3. The van der Waals surface area contributed by atoms with Gasteiger partial charge in [-0.3, -0.25) is 0 Å². The molecule has 0 amide bonds. The molecule has 0 fully saturated rings. The molecule has 1 aliphatic carbocycles. The van der Waals surface area contributed by atoms with E-state index >= 15 is 0 Å². The molecule has 0 aliphatic heterocycles. The highest BCUT2D eigenvalue weighted by atomic mass is 28.3.